The smallest absolute Gasteiger partial charge is 0.0681 e. The van der Waals surface area contributed by atoms with Crippen molar-refractivity contribution in [3.8, 4) is 0 Å². The van der Waals surface area contributed by atoms with Gasteiger partial charge in [-0.3, -0.25) is 4.68 Å². The highest BCUT2D eigenvalue weighted by molar-refractivity contribution is 5.22. The molecule has 3 heteroatoms. The van der Waals surface area contributed by atoms with E-state index in [9.17, 15) is 0 Å². The predicted octanol–water partition coefficient (Wildman–Crippen LogP) is 2.04. The van der Waals surface area contributed by atoms with Crippen LogP contribution in [0.25, 0.3) is 0 Å². The molecule has 0 amide bonds. The Morgan fingerprint density at radius 1 is 1.12 bits per heavy atom. The second-order valence-electron chi connectivity index (χ2n) is 4.06. The molecule has 84 valence electrons. The van der Waals surface area contributed by atoms with Crippen LogP contribution in [0.1, 0.15) is 22.5 Å². The zero-order valence-corrected chi connectivity index (χ0v) is 9.64. The van der Waals surface area contributed by atoms with E-state index in [1.165, 1.54) is 11.3 Å². The highest BCUT2D eigenvalue weighted by atomic mass is 16.3. The summed E-state index contributed by atoms with van der Waals surface area (Å²) in [4.78, 5) is 0. The highest BCUT2D eigenvalue weighted by Gasteiger charge is 2.01. The molecule has 0 atom stereocenters. The van der Waals surface area contributed by atoms with E-state index < -0.39 is 0 Å². The van der Waals surface area contributed by atoms with Gasteiger partial charge in [-0.15, -0.1) is 0 Å². The molecule has 0 saturated heterocycles. The Balaban J connectivity index is 2.17. The van der Waals surface area contributed by atoms with E-state index in [0.717, 1.165) is 17.8 Å². The van der Waals surface area contributed by atoms with Gasteiger partial charge in [0.25, 0.3) is 0 Å². The number of hydrogen-bond donors (Lipinski definition) is 1. The van der Waals surface area contributed by atoms with Gasteiger partial charge in [0.2, 0.25) is 0 Å². The third-order valence-electron chi connectivity index (χ3n) is 2.64. The van der Waals surface area contributed by atoms with Crippen molar-refractivity contribution in [3.63, 3.8) is 0 Å². The van der Waals surface area contributed by atoms with E-state index in [-0.39, 0.29) is 6.61 Å². The first-order chi connectivity index (χ1) is 7.69. The van der Waals surface area contributed by atoms with E-state index in [1.54, 1.807) is 0 Å². The van der Waals surface area contributed by atoms with E-state index >= 15 is 0 Å². The van der Waals surface area contributed by atoms with Crippen molar-refractivity contribution in [2.45, 2.75) is 27.0 Å². The first-order valence-electron chi connectivity index (χ1n) is 5.39. The van der Waals surface area contributed by atoms with Crippen molar-refractivity contribution >= 4 is 0 Å². The molecular weight excluding hydrogens is 200 g/mol. The lowest BCUT2D eigenvalue weighted by atomic mass is 10.1. The zero-order valence-electron chi connectivity index (χ0n) is 9.64. The predicted molar refractivity (Wildman–Crippen MR) is 63.2 cm³/mol. The Kier molecular flexibility index (Phi) is 3.06. The number of aliphatic hydroxyl groups excluding tert-OH is 1. The molecule has 2 aromatic rings. The van der Waals surface area contributed by atoms with Gasteiger partial charge in [0.05, 0.1) is 18.8 Å². The largest absolute Gasteiger partial charge is 0.392 e. The second kappa shape index (κ2) is 4.49. The van der Waals surface area contributed by atoms with Gasteiger partial charge in [0, 0.05) is 5.69 Å². The van der Waals surface area contributed by atoms with Crippen LogP contribution in [-0.4, -0.2) is 14.9 Å². The van der Waals surface area contributed by atoms with Crippen LogP contribution < -0.4 is 0 Å². The number of rotatable bonds is 3. The molecule has 0 fully saturated rings. The fourth-order valence-corrected chi connectivity index (χ4v) is 1.76. The Bertz CT molecular complexity index is 471. The van der Waals surface area contributed by atoms with Crippen LogP contribution in [0.3, 0.4) is 0 Å². The molecule has 0 spiro atoms. The van der Waals surface area contributed by atoms with Crippen LogP contribution in [0.15, 0.2) is 30.3 Å². The molecule has 1 N–H and O–H groups in total. The lowest BCUT2D eigenvalue weighted by molar-refractivity contribution is 0.282. The van der Waals surface area contributed by atoms with Gasteiger partial charge in [0.1, 0.15) is 0 Å². The first kappa shape index (κ1) is 10.9. The molecular formula is C13H16N2O. The molecule has 2 rings (SSSR count). The fraction of sp³-hybridized carbons (Fsp3) is 0.308. The third kappa shape index (κ3) is 2.31. The molecule has 0 aliphatic carbocycles. The van der Waals surface area contributed by atoms with E-state index in [2.05, 4.69) is 18.1 Å². The van der Waals surface area contributed by atoms with Crippen molar-refractivity contribution < 1.29 is 5.11 Å². The number of aliphatic hydroxyl groups is 1. The van der Waals surface area contributed by atoms with Gasteiger partial charge in [-0.2, -0.15) is 5.10 Å². The summed E-state index contributed by atoms with van der Waals surface area (Å²) in [6, 6.07) is 10.0. The minimum atomic E-state index is 0.0974. The van der Waals surface area contributed by atoms with Crippen LogP contribution in [-0.2, 0) is 13.2 Å². The fourth-order valence-electron chi connectivity index (χ4n) is 1.76. The van der Waals surface area contributed by atoms with E-state index in [4.69, 9.17) is 5.11 Å². The molecule has 0 unspecified atom stereocenters. The lowest BCUT2D eigenvalue weighted by Gasteiger charge is -2.05. The minimum Gasteiger partial charge on any atom is -0.392 e. The van der Waals surface area contributed by atoms with Crippen molar-refractivity contribution in [3.05, 3.63) is 52.8 Å². The van der Waals surface area contributed by atoms with Crippen molar-refractivity contribution in [2.75, 3.05) is 0 Å². The summed E-state index contributed by atoms with van der Waals surface area (Å²) >= 11 is 0. The highest BCUT2D eigenvalue weighted by Crippen LogP contribution is 2.09. The van der Waals surface area contributed by atoms with Gasteiger partial charge in [-0.05, 0) is 31.0 Å². The van der Waals surface area contributed by atoms with Crippen molar-refractivity contribution in [1.29, 1.82) is 0 Å². The number of aromatic nitrogens is 2. The van der Waals surface area contributed by atoms with E-state index in [0.29, 0.717) is 0 Å². The third-order valence-corrected chi connectivity index (χ3v) is 2.64. The number of nitrogens with zero attached hydrogens (tertiary/aromatic N) is 2. The first-order valence-corrected chi connectivity index (χ1v) is 5.39. The molecule has 1 aromatic heterocycles. The zero-order chi connectivity index (χ0) is 11.5. The molecule has 0 radical (unpaired) electrons. The Morgan fingerprint density at radius 2 is 1.75 bits per heavy atom. The SMILES string of the molecule is Cc1cc(C)n(Cc2ccc(CO)cc2)n1. The standard InChI is InChI=1S/C13H16N2O/c1-10-7-11(2)15(14-10)8-12-3-5-13(9-16)6-4-12/h3-7,16H,8-9H2,1-2H3. The summed E-state index contributed by atoms with van der Waals surface area (Å²) < 4.78 is 1.99. The number of aryl methyl sites for hydroxylation is 2. The summed E-state index contributed by atoms with van der Waals surface area (Å²) in [5.41, 5.74) is 4.36. The Labute approximate surface area is 95.3 Å². The summed E-state index contributed by atoms with van der Waals surface area (Å²) in [6.07, 6.45) is 0. The monoisotopic (exact) mass is 216 g/mol. The topological polar surface area (TPSA) is 38.0 Å². The van der Waals surface area contributed by atoms with Gasteiger partial charge >= 0.3 is 0 Å². The normalized spacial score (nSPS) is 10.7. The summed E-state index contributed by atoms with van der Waals surface area (Å²) in [6.45, 7) is 4.94. The maximum Gasteiger partial charge on any atom is 0.0681 e. The quantitative estimate of drug-likeness (QED) is 0.852. The lowest BCUT2D eigenvalue weighted by Crippen LogP contribution is -2.03. The molecule has 0 aliphatic heterocycles. The average Bonchev–Trinajstić information content (AvgIpc) is 2.59. The molecule has 0 aliphatic rings. The minimum absolute atomic E-state index is 0.0974. The molecule has 1 heterocycles. The average molecular weight is 216 g/mol. The van der Waals surface area contributed by atoms with Crippen LogP contribution in [0.5, 0.6) is 0 Å². The maximum atomic E-state index is 8.95. The van der Waals surface area contributed by atoms with Crippen LogP contribution in [0.2, 0.25) is 0 Å². The summed E-state index contributed by atoms with van der Waals surface area (Å²) in [5, 5.41) is 13.4. The Morgan fingerprint density at radius 3 is 2.25 bits per heavy atom. The van der Waals surface area contributed by atoms with Crippen LogP contribution >= 0.6 is 0 Å². The number of benzene rings is 1. The second-order valence-corrected chi connectivity index (χ2v) is 4.06. The molecule has 0 saturated carbocycles. The van der Waals surface area contributed by atoms with Crippen molar-refractivity contribution in [2.24, 2.45) is 0 Å². The van der Waals surface area contributed by atoms with Gasteiger partial charge in [-0.25, -0.2) is 0 Å². The molecule has 16 heavy (non-hydrogen) atoms. The maximum absolute atomic E-state index is 8.95. The van der Waals surface area contributed by atoms with Crippen molar-refractivity contribution in [1.82, 2.24) is 9.78 Å². The Hall–Kier alpha value is -1.61. The van der Waals surface area contributed by atoms with Crippen LogP contribution in [0.4, 0.5) is 0 Å². The molecule has 1 aromatic carbocycles. The van der Waals surface area contributed by atoms with Gasteiger partial charge in [0.15, 0.2) is 0 Å². The van der Waals surface area contributed by atoms with Crippen LogP contribution in [0, 0.1) is 13.8 Å². The summed E-state index contributed by atoms with van der Waals surface area (Å²) in [7, 11) is 0. The van der Waals surface area contributed by atoms with Gasteiger partial charge < -0.3 is 5.11 Å². The van der Waals surface area contributed by atoms with E-state index in [1.807, 2.05) is 35.9 Å². The molecule has 0 bridgehead atoms. The van der Waals surface area contributed by atoms with Gasteiger partial charge in [-0.1, -0.05) is 24.3 Å². The molecule has 3 nitrogen and oxygen atoms in total. The number of hydrogen-bond acceptors (Lipinski definition) is 2. The summed E-state index contributed by atoms with van der Waals surface area (Å²) in [5.74, 6) is 0.